The maximum Gasteiger partial charge on any atom is 0.159 e. The predicted octanol–water partition coefficient (Wildman–Crippen LogP) is -1.11. The van der Waals surface area contributed by atoms with Gasteiger partial charge in [-0.2, -0.15) is 0 Å². The fraction of sp³-hybridized carbons (Fsp3) is 0.500. The van der Waals surface area contributed by atoms with Gasteiger partial charge in [0.2, 0.25) is 0 Å². The number of rotatable bonds is 2. The Morgan fingerprint density at radius 3 is 2.89 bits per heavy atom. The number of hydrogen-bond acceptors (Lipinski definition) is 4. The van der Waals surface area contributed by atoms with Crippen molar-refractivity contribution in [2.75, 3.05) is 12.4 Å². The smallest absolute Gasteiger partial charge is 0.159 e. The Morgan fingerprint density at radius 2 is 2.44 bits per heavy atom. The van der Waals surface area contributed by atoms with Crippen molar-refractivity contribution in [1.82, 2.24) is 10.4 Å². The van der Waals surface area contributed by atoms with Crippen LogP contribution in [0.2, 0.25) is 0 Å². The van der Waals surface area contributed by atoms with Crippen LogP contribution in [0.25, 0.3) is 0 Å². The summed E-state index contributed by atoms with van der Waals surface area (Å²) in [7, 11) is -2.30. The van der Waals surface area contributed by atoms with Crippen LogP contribution in [-0.4, -0.2) is 25.8 Å². The fourth-order valence-electron chi connectivity index (χ4n) is 0.624. The van der Waals surface area contributed by atoms with Crippen LogP contribution >= 0.6 is 0 Å². The molecule has 4 nitrogen and oxygen atoms in total. The molecule has 1 rings (SSSR count). The molecule has 5 heteroatoms. The molecule has 0 radical (unpaired) electrons. The zero-order valence-corrected chi connectivity index (χ0v) is 5.67. The van der Waals surface area contributed by atoms with Gasteiger partial charge in [-0.15, -0.1) is 0 Å². The molecule has 1 aliphatic rings. The van der Waals surface area contributed by atoms with E-state index in [1.54, 1.807) is 6.20 Å². The molecule has 1 N–H and O–H groups in total. The number of hydrazine groups is 1. The summed E-state index contributed by atoms with van der Waals surface area (Å²) < 4.78 is 20.2. The van der Waals surface area contributed by atoms with E-state index in [4.69, 9.17) is 0 Å². The third-order valence-corrected chi connectivity index (χ3v) is 1.50. The minimum atomic E-state index is -2.30. The molecule has 0 aromatic heterocycles. The topological polar surface area (TPSA) is 49.4 Å². The van der Waals surface area contributed by atoms with Gasteiger partial charge in [0, 0.05) is 12.7 Å². The van der Waals surface area contributed by atoms with Crippen molar-refractivity contribution in [3.8, 4) is 0 Å². The van der Waals surface area contributed by atoms with Crippen LogP contribution in [0.4, 0.5) is 0 Å². The van der Waals surface area contributed by atoms with Crippen molar-refractivity contribution in [1.29, 1.82) is 0 Å². The highest BCUT2D eigenvalue weighted by molar-refractivity contribution is 7.72. The van der Waals surface area contributed by atoms with Gasteiger partial charge in [-0.3, -0.25) is 0 Å². The van der Waals surface area contributed by atoms with Crippen LogP contribution < -0.4 is 5.43 Å². The third-order valence-electron chi connectivity index (χ3n) is 0.965. The van der Waals surface area contributed by atoms with Crippen LogP contribution in [0.5, 0.6) is 0 Å². The highest BCUT2D eigenvalue weighted by Crippen LogP contribution is 1.90. The average molecular weight is 148 g/mol. The molecule has 0 spiro atoms. The maximum atomic E-state index is 10.1. The molecular formula is C4H8N2O2S. The summed E-state index contributed by atoms with van der Waals surface area (Å²) in [5.41, 5.74) is 2.83. The lowest BCUT2D eigenvalue weighted by Gasteiger charge is -2.10. The van der Waals surface area contributed by atoms with Gasteiger partial charge in [0.15, 0.2) is 10.7 Å². The van der Waals surface area contributed by atoms with Gasteiger partial charge >= 0.3 is 0 Å². The standard InChI is InChI=1S/C4H8N2O2S/c7-9(8)4-6-3-1-2-5-6/h1,3,5,9H,2,4H2. The van der Waals surface area contributed by atoms with Crippen molar-refractivity contribution in [3.63, 3.8) is 0 Å². The Bertz CT molecular complexity index is 179. The van der Waals surface area contributed by atoms with Crippen molar-refractivity contribution in [2.45, 2.75) is 0 Å². The van der Waals surface area contributed by atoms with Crippen LogP contribution in [0.1, 0.15) is 0 Å². The molecular weight excluding hydrogens is 140 g/mol. The van der Waals surface area contributed by atoms with E-state index in [1.807, 2.05) is 6.08 Å². The number of nitrogens with one attached hydrogen (secondary N) is 1. The van der Waals surface area contributed by atoms with E-state index in [-0.39, 0.29) is 5.88 Å². The van der Waals surface area contributed by atoms with E-state index < -0.39 is 10.7 Å². The lowest BCUT2D eigenvalue weighted by molar-refractivity contribution is 0.352. The second-order valence-corrected chi connectivity index (χ2v) is 2.64. The Morgan fingerprint density at radius 1 is 1.67 bits per heavy atom. The molecule has 0 atom stereocenters. The van der Waals surface area contributed by atoms with E-state index in [1.165, 1.54) is 5.01 Å². The van der Waals surface area contributed by atoms with Gasteiger partial charge in [-0.25, -0.2) is 13.8 Å². The first-order chi connectivity index (χ1) is 4.29. The van der Waals surface area contributed by atoms with Gasteiger partial charge in [-0.05, 0) is 0 Å². The zero-order valence-electron chi connectivity index (χ0n) is 4.78. The van der Waals surface area contributed by atoms with Gasteiger partial charge in [-0.1, -0.05) is 6.08 Å². The summed E-state index contributed by atoms with van der Waals surface area (Å²) in [6.07, 6.45) is 3.57. The predicted molar refractivity (Wildman–Crippen MR) is 34.2 cm³/mol. The van der Waals surface area contributed by atoms with E-state index in [0.29, 0.717) is 0 Å². The maximum absolute atomic E-state index is 10.1. The second-order valence-electron chi connectivity index (χ2n) is 1.69. The van der Waals surface area contributed by atoms with E-state index in [9.17, 15) is 8.42 Å². The quantitative estimate of drug-likeness (QED) is 0.487. The van der Waals surface area contributed by atoms with Crippen LogP contribution in [-0.2, 0) is 10.7 Å². The Labute approximate surface area is 55.1 Å². The summed E-state index contributed by atoms with van der Waals surface area (Å²) >= 11 is 0. The second kappa shape index (κ2) is 2.84. The molecule has 0 amide bonds. The molecule has 0 aromatic carbocycles. The summed E-state index contributed by atoms with van der Waals surface area (Å²) in [6, 6.07) is 0. The lowest BCUT2D eigenvalue weighted by atomic mass is 10.7. The SMILES string of the molecule is O=[SH](=O)CN1C=CCN1. The van der Waals surface area contributed by atoms with E-state index in [0.717, 1.165) is 6.54 Å². The molecule has 1 aliphatic heterocycles. The number of hydrogen-bond donors (Lipinski definition) is 2. The van der Waals surface area contributed by atoms with E-state index in [2.05, 4.69) is 5.43 Å². The molecule has 0 saturated heterocycles. The highest BCUT2D eigenvalue weighted by Gasteiger charge is 2.01. The van der Waals surface area contributed by atoms with Crippen LogP contribution in [0.15, 0.2) is 12.3 Å². The summed E-state index contributed by atoms with van der Waals surface area (Å²) in [4.78, 5) is 0. The molecule has 9 heavy (non-hydrogen) atoms. The first-order valence-electron chi connectivity index (χ1n) is 2.57. The van der Waals surface area contributed by atoms with Crippen molar-refractivity contribution in [2.24, 2.45) is 0 Å². The van der Waals surface area contributed by atoms with Crippen LogP contribution in [0.3, 0.4) is 0 Å². The molecule has 1 heterocycles. The first kappa shape index (κ1) is 6.57. The number of thiol groups is 1. The van der Waals surface area contributed by atoms with Crippen molar-refractivity contribution in [3.05, 3.63) is 12.3 Å². The number of nitrogens with zero attached hydrogens (tertiary/aromatic N) is 1. The molecule has 0 fully saturated rings. The first-order valence-corrected chi connectivity index (χ1v) is 3.94. The summed E-state index contributed by atoms with van der Waals surface area (Å²) in [5.74, 6) is 0.0613. The minimum Gasteiger partial charge on any atom is -0.301 e. The van der Waals surface area contributed by atoms with Crippen molar-refractivity contribution >= 4 is 10.7 Å². The molecule has 0 saturated carbocycles. The monoisotopic (exact) mass is 148 g/mol. The molecule has 0 bridgehead atoms. The van der Waals surface area contributed by atoms with Gasteiger partial charge in [0.1, 0.15) is 5.88 Å². The Kier molecular flexibility index (Phi) is 2.07. The van der Waals surface area contributed by atoms with Crippen LogP contribution in [0, 0.1) is 0 Å². The summed E-state index contributed by atoms with van der Waals surface area (Å²) in [5, 5.41) is 1.53. The van der Waals surface area contributed by atoms with Gasteiger partial charge < -0.3 is 5.01 Å². The fourth-order valence-corrected chi connectivity index (χ4v) is 1.07. The lowest BCUT2D eigenvalue weighted by Crippen LogP contribution is -2.29. The van der Waals surface area contributed by atoms with Gasteiger partial charge in [0.05, 0.1) is 0 Å². The normalized spacial score (nSPS) is 17.7. The molecule has 0 unspecified atom stereocenters. The molecule has 52 valence electrons. The third kappa shape index (κ3) is 2.03. The Hall–Kier alpha value is -0.550. The minimum absolute atomic E-state index is 0.0613. The highest BCUT2D eigenvalue weighted by atomic mass is 32.2. The zero-order chi connectivity index (χ0) is 6.69. The largest absolute Gasteiger partial charge is 0.301 e. The summed E-state index contributed by atoms with van der Waals surface area (Å²) in [6.45, 7) is 0.725. The average Bonchev–Trinajstić information content (AvgIpc) is 2.15. The van der Waals surface area contributed by atoms with Gasteiger partial charge in [0.25, 0.3) is 0 Å². The van der Waals surface area contributed by atoms with Crippen molar-refractivity contribution < 1.29 is 8.42 Å². The molecule has 0 aliphatic carbocycles. The van der Waals surface area contributed by atoms with E-state index >= 15 is 0 Å². The Balaban J connectivity index is 2.36. The molecule has 0 aromatic rings.